The van der Waals surface area contributed by atoms with Crippen LogP contribution in [0.15, 0.2) is 17.3 Å². The molecule has 0 bridgehead atoms. The van der Waals surface area contributed by atoms with Gasteiger partial charge in [0.25, 0.3) is 5.56 Å². The molecule has 2 heterocycles. The highest BCUT2D eigenvalue weighted by molar-refractivity contribution is 5.72. The van der Waals surface area contributed by atoms with Crippen molar-refractivity contribution in [3.63, 3.8) is 0 Å². The van der Waals surface area contributed by atoms with Crippen LogP contribution in [0.4, 0.5) is 0 Å². The van der Waals surface area contributed by atoms with E-state index < -0.39 is 0 Å². The Morgan fingerprint density at radius 3 is 2.94 bits per heavy atom. The van der Waals surface area contributed by atoms with E-state index in [2.05, 4.69) is 29.2 Å². The first-order valence-corrected chi connectivity index (χ1v) is 5.70. The molecule has 2 aromatic heterocycles. The molecule has 0 saturated carbocycles. The Hall–Kier alpha value is -1.69. The highest BCUT2D eigenvalue weighted by Gasteiger charge is 2.07. The van der Waals surface area contributed by atoms with E-state index in [9.17, 15) is 4.79 Å². The van der Waals surface area contributed by atoms with Crippen LogP contribution in [0.5, 0.6) is 0 Å². The zero-order valence-electron chi connectivity index (χ0n) is 10.3. The zero-order chi connectivity index (χ0) is 12.4. The molecule has 6 nitrogen and oxygen atoms in total. The van der Waals surface area contributed by atoms with Crippen molar-refractivity contribution in [1.82, 2.24) is 24.6 Å². The van der Waals surface area contributed by atoms with Gasteiger partial charge in [0.1, 0.15) is 11.7 Å². The first-order chi connectivity index (χ1) is 8.09. The number of aromatic nitrogens is 4. The van der Waals surface area contributed by atoms with Gasteiger partial charge in [-0.05, 0) is 0 Å². The number of hydrogen-bond donors (Lipinski definition) is 1. The second-order valence-corrected chi connectivity index (χ2v) is 4.36. The second kappa shape index (κ2) is 4.67. The van der Waals surface area contributed by atoms with Gasteiger partial charge >= 0.3 is 0 Å². The van der Waals surface area contributed by atoms with Gasteiger partial charge in [0.15, 0.2) is 5.65 Å². The molecule has 0 aliphatic carbocycles. The van der Waals surface area contributed by atoms with Crippen molar-refractivity contribution in [3.8, 4) is 0 Å². The Labute approximate surface area is 99.3 Å². The van der Waals surface area contributed by atoms with Gasteiger partial charge in [-0.3, -0.25) is 14.0 Å². The van der Waals surface area contributed by atoms with Crippen molar-refractivity contribution in [2.75, 3.05) is 6.54 Å². The monoisotopic (exact) mass is 235 g/mol. The maximum atomic E-state index is 12.1. The summed E-state index contributed by atoms with van der Waals surface area (Å²) in [6.45, 7) is 5.52. The van der Waals surface area contributed by atoms with Crippen LogP contribution in [-0.4, -0.2) is 31.9 Å². The van der Waals surface area contributed by atoms with Gasteiger partial charge in [-0.2, -0.15) is 5.10 Å². The summed E-state index contributed by atoms with van der Waals surface area (Å²) in [4.78, 5) is 16.3. The molecule has 0 unspecified atom stereocenters. The van der Waals surface area contributed by atoms with Crippen LogP contribution >= 0.6 is 0 Å². The van der Waals surface area contributed by atoms with Crippen LogP contribution < -0.4 is 10.9 Å². The van der Waals surface area contributed by atoms with Crippen molar-refractivity contribution in [2.24, 2.45) is 7.05 Å². The fourth-order valence-corrected chi connectivity index (χ4v) is 1.70. The van der Waals surface area contributed by atoms with Crippen LogP contribution in [0, 0.1) is 0 Å². The maximum absolute atomic E-state index is 12.1. The van der Waals surface area contributed by atoms with Gasteiger partial charge in [0.2, 0.25) is 0 Å². The Morgan fingerprint density at radius 2 is 2.24 bits per heavy atom. The summed E-state index contributed by atoms with van der Waals surface area (Å²) in [7, 11) is 1.78. The van der Waals surface area contributed by atoms with Gasteiger partial charge in [-0.25, -0.2) is 4.98 Å². The first-order valence-electron chi connectivity index (χ1n) is 5.70. The van der Waals surface area contributed by atoms with E-state index in [0.29, 0.717) is 23.6 Å². The number of nitrogens with zero attached hydrogens (tertiary/aromatic N) is 4. The molecule has 1 N–H and O–H groups in total. The number of nitrogens with one attached hydrogen (secondary N) is 1. The van der Waals surface area contributed by atoms with E-state index in [-0.39, 0.29) is 5.56 Å². The minimum Gasteiger partial charge on any atom is -0.313 e. The average Bonchev–Trinajstić information content (AvgIpc) is 2.64. The first kappa shape index (κ1) is 11.8. The van der Waals surface area contributed by atoms with E-state index in [1.165, 1.54) is 0 Å². The predicted molar refractivity (Wildman–Crippen MR) is 65.9 cm³/mol. The minimum atomic E-state index is -0.0337. The largest absolute Gasteiger partial charge is 0.313 e. The van der Waals surface area contributed by atoms with Gasteiger partial charge < -0.3 is 5.32 Å². The molecular formula is C11H17N5O. The Morgan fingerprint density at radius 1 is 1.47 bits per heavy atom. The van der Waals surface area contributed by atoms with Crippen LogP contribution in [0.2, 0.25) is 0 Å². The summed E-state index contributed by atoms with van der Waals surface area (Å²) in [5, 5.41) is 7.87. The molecule has 0 spiro atoms. The van der Waals surface area contributed by atoms with E-state index in [4.69, 9.17) is 0 Å². The smallest absolute Gasteiger partial charge is 0.264 e. The molecule has 6 heteroatoms. The molecule has 0 saturated heterocycles. The SMILES string of the molecule is CC(C)NCCn1cnc2c(cnn2C)c1=O. The zero-order valence-corrected chi connectivity index (χ0v) is 10.3. The lowest BCUT2D eigenvalue weighted by Crippen LogP contribution is -2.30. The lowest BCUT2D eigenvalue weighted by molar-refractivity contribution is 0.532. The third-order valence-corrected chi connectivity index (χ3v) is 2.62. The van der Waals surface area contributed by atoms with Crippen molar-refractivity contribution in [2.45, 2.75) is 26.4 Å². The normalized spacial score (nSPS) is 11.5. The van der Waals surface area contributed by atoms with Crippen LogP contribution in [-0.2, 0) is 13.6 Å². The minimum absolute atomic E-state index is 0.0337. The summed E-state index contributed by atoms with van der Waals surface area (Å²) in [6.07, 6.45) is 3.14. The summed E-state index contributed by atoms with van der Waals surface area (Å²) >= 11 is 0. The quantitative estimate of drug-likeness (QED) is 0.818. The Bertz CT molecular complexity index is 569. The molecule has 2 aromatic rings. The standard InChI is InChI=1S/C11H17N5O/c1-8(2)12-4-5-16-7-13-10-9(11(16)17)6-14-15(10)3/h6-8,12H,4-5H2,1-3H3. The lowest BCUT2D eigenvalue weighted by Gasteiger charge is -2.09. The maximum Gasteiger partial charge on any atom is 0.264 e. The van der Waals surface area contributed by atoms with Gasteiger partial charge in [-0.15, -0.1) is 0 Å². The predicted octanol–water partition coefficient (Wildman–Crippen LogP) is 0.128. The summed E-state index contributed by atoms with van der Waals surface area (Å²) in [5.74, 6) is 0. The highest BCUT2D eigenvalue weighted by Crippen LogP contribution is 2.02. The lowest BCUT2D eigenvalue weighted by atomic mass is 10.4. The molecule has 0 amide bonds. The van der Waals surface area contributed by atoms with Crippen molar-refractivity contribution < 1.29 is 0 Å². The molecule has 0 aromatic carbocycles. The molecule has 2 rings (SSSR count). The van der Waals surface area contributed by atoms with Crippen LogP contribution in [0.1, 0.15) is 13.8 Å². The number of aryl methyl sites for hydroxylation is 1. The van der Waals surface area contributed by atoms with Crippen LogP contribution in [0.25, 0.3) is 11.0 Å². The highest BCUT2D eigenvalue weighted by atomic mass is 16.1. The van der Waals surface area contributed by atoms with E-state index in [0.717, 1.165) is 6.54 Å². The molecule has 0 fully saturated rings. The summed E-state index contributed by atoms with van der Waals surface area (Å²) in [6, 6.07) is 0.417. The van der Waals surface area contributed by atoms with E-state index >= 15 is 0 Å². The van der Waals surface area contributed by atoms with Gasteiger partial charge in [0, 0.05) is 26.2 Å². The number of rotatable bonds is 4. The molecular weight excluding hydrogens is 218 g/mol. The molecule has 0 radical (unpaired) electrons. The van der Waals surface area contributed by atoms with E-state index in [1.807, 2.05) is 0 Å². The molecule has 0 aliphatic rings. The Balaban J connectivity index is 2.24. The van der Waals surface area contributed by atoms with Gasteiger partial charge in [0.05, 0.1) is 6.20 Å². The van der Waals surface area contributed by atoms with Crippen LogP contribution in [0.3, 0.4) is 0 Å². The molecule has 0 atom stereocenters. The molecule has 92 valence electrons. The number of hydrogen-bond acceptors (Lipinski definition) is 4. The molecule has 0 aliphatic heterocycles. The number of fused-ring (bicyclic) bond motifs is 1. The fraction of sp³-hybridized carbons (Fsp3) is 0.545. The summed E-state index contributed by atoms with van der Waals surface area (Å²) < 4.78 is 3.22. The third kappa shape index (κ3) is 2.36. The Kier molecular flexibility index (Phi) is 3.23. The van der Waals surface area contributed by atoms with Gasteiger partial charge in [-0.1, -0.05) is 13.8 Å². The fourth-order valence-electron chi connectivity index (χ4n) is 1.70. The average molecular weight is 235 g/mol. The topological polar surface area (TPSA) is 64.7 Å². The third-order valence-electron chi connectivity index (χ3n) is 2.62. The van der Waals surface area contributed by atoms with E-state index in [1.54, 1.807) is 28.8 Å². The molecule has 17 heavy (non-hydrogen) atoms. The van der Waals surface area contributed by atoms with Crippen molar-refractivity contribution >= 4 is 11.0 Å². The summed E-state index contributed by atoms with van der Waals surface area (Å²) in [5.41, 5.74) is 0.594. The van der Waals surface area contributed by atoms with Crippen molar-refractivity contribution in [3.05, 3.63) is 22.9 Å². The van der Waals surface area contributed by atoms with Crippen molar-refractivity contribution in [1.29, 1.82) is 0 Å². The second-order valence-electron chi connectivity index (χ2n) is 4.36.